The lowest BCUT2D eigenvalue weighted by atomic mass is 9.76. The second-order valence-corrected chi connectivity index (χ2v) is 4.14. The van der Waals surface area contributed by atoms with Gasteiger partial charge in [0, 0.05) is 18.4 Å². The Morgan fingerprint density at radius 1 is 1.40 bits per heavy atom. The van der Waals surface area contributed by atoms with Crippen LogP contribution in [-0.4, -0.2) is 11.7 Å². The Morgan fingerprint density at radius 3 is 2.60 bits per heavy atom. The molecule has 1 aliphatic rings. The molecule has 0 bridgehead atoms. The molecule has 0 aromatic heterocycles. The second kappa shape index (κ2) is 3.40. The number of rotatable bonds is 2. The molecular formula is C12H12F2O. The third kappa shape index (κ3) is 2.06. The quantitative estimate of drug-likeness (QED) is 0.684. The minimum atomic E-state index is -2.50. The van der Waals surface area contributed by atoms with Gasteiger partial charge in [0.2, 0.25) is 5.92 Å². The Morgan fingerprint density at radius 2 is 2.07 bits per heavy atom. The monoisotopic (exact) mass is 210 g/mol. The van der Waals surface area contributed by atoms with E-state index in [2.05, 4.69) is 0 Å². The fraction of sp³-hybridized carbons (Fsp3) is 0.417. The molecule has 0 spiro atoms. The van der Waals surface area contributed by atoms with Crippen molar-refractivity contribution in [1.29, 1.82) is 0 Å². The summed E-state index contributed by atoms with van der Waals surface area (Å²) in [5.41, 5.74) is 1.45. The summed E-state index contributed by atoms with van der Waals surface area (Å²) in [6.07, 6.45) is -0.178. The highest BCUT2D eigenvalue weighted by Crippen LogP contribution is 2.48. The number of hydrogen-bond donors (Lipinski definition) is 0. The van der Waals surface area contributed by atoms with E-state index in [1.165, 1.54) is 6.92 Å². The predicted molar refractivity (Wildman–Crippen MR) is 53.4 cm³/mol. The van der Waals surface area contributed by atoms with Crippen LogP contribution in [0.3, 0.4) is 0 Å². The molecule has 3 heteroatoms. The first kappa shape index (κ1) is 10.3. The van der Waals surface area contributed by atoms with E-state index in [0.717, 1.165) is 5.56 Å². The minimum absolute atomic E-state index is 0.0251. The molecule has 0 unspecified atom stereocenters. The highest BCUT2D eigenvalue weighted by molar-refractivity contribution is 5.94. The van der Waals surface area contributed by atoms with Gasteiger partial charge < -0.3 is 0 Å². The number of alkyl halides is 2. The first-order valence-electron chi connectivity index (χ1n) is 4.97. The molecule has 1 aliphatic carbocycles. The highest BCUT2D eigenvalue weighted by atomic mass is 19.3. The summed E-state index contributed by atoms with van der Waals surface area (Å²) in [6, 6.07) is 7.00. The molecule has 2 rings (SSSR count). The fourth-order valence-electron chi connectivity index (χ4n) is 1.91. The van der Waals surface area contributed by atoms with Crippen LogP contribution in [-0.2, 0) is 0 Å². The van der Waals surface area contributed by atoms with Gasteiger partial charge in [0.25, 0.3) is 0 Å². The first-order chi connectivity index (χ1) is 6.98. The predicted octanol–water partition coefficient (Wildman–Crippen LogP) is 3.40. The highest BCUT2D eigenvalue weighted by Gasteiger charge is 2.45. The molecule has 0 radical (unpaired) electrons. The van der Waals surface area contributed by atoms with E-state index in [4.69, 9.17) is 0 Å². The Bertz CT molecular complexity index is 390. The maximum atomic E-state index is 12.7. The van der Waals surface area contributed by atoms with Crippen molar-refractivity contribution in [2.24, 2.45) is 0 Å². The number of ketones is 1. The lowest BCUT2D eigenvalue weighted by Crippen LogP contribution is -2.33. The molecule has 1 aromatic carbocycles. The summed E-state index contributed by atoms with van der Waals surface area (Å²) in [7, 11) is 0. The number of halogens is 2. The largest absolute Gasteiger partial charge is 0.295 e. The lowest BCUT2D eigenvalue weighted by Gasteiger charge is -2.35. The van der Waals surface area contributed by atoms with Gasteiger partial charge in [-0.15, -0.1) is 0 Å². The Kier molecular flexibility index (Phi) is 2.33. The standard InChI is InChI=1S/C12H12F2O/c1-8(15)9-3-2-4-10(5-9)11-6-12(13,14)7-11/h2-5,11H,6-7H2,1H3. The maximum absolute atomic E-state index is 12.7. The van der Waals surface area contributed by atoms with Crippen molar-refractivity contribution in [2.45, 2.75) is 31.6 Å². The van der Waals surface area contributed by atoms with Gasteiger partial charge in [0.15, 0.2) is 5.78 Å². The van der Waals surface area contributed by atoms with E-state index in [0.29, 0.717) is 5.56 Å². The van der Waals surface area contributed by atoms with E-state index in [9.17, 15) is 13.6 Å². The third-order valence-electron chi connectivity index (χ3n) is 2.85. The third-order valence-corrected chi connectivity index (χ3v) is 2.85. The molecule has 1 aromatic rings. The molecule has 0 amide bonds. The SMILES string of the molecule is CC(=O)c1cccc(C2CC(F)(F)C2)c1. The summed E-state index contributed by atoms with van der Waals surface area (Å²) in [5, 5.41) is 0. The molecule has 0 N–H and O–H groups in total. The number of Topliss-reactive ketones (excluding diaryl/α,β-unsaturated/α-hetero) is 1. The van der Waals surface area contributed by atoms with Crippen molar-refractivity contribution in [3.8, 4) is 0 Å². The van der Waals surface area contributed by atoms with Gasteiger partial charge in [-0.25, -0.2) is 8.78 Å². The van der Waals surface area contributed by atoms with Crippen molar-refractivity contribution >= 4 is 5.78 Å². The lowest BCUT2D eigenvalue weighted by molar-refractivity contribution is -0.0867. The van der Waals surface area contributed by atoms with Crippen molar-refractivity contribution in [3.05, 3.63) is 35.4 Å². The Balaban J connectivity index is 2.17. The topological polar surface area (TPSA) is 17.1 Å². The summed E-state index contributed by atoms with van der Waals surface area (Å²) in [4.78, 5) is 11.1. The van der Waals surface area contributed by atoms with Crippen molar-refractivity contribution in [3.63, 3.8) is 0 Å². The molecule has 1 fully saturated rings. The van der Waals surface area contributed by atoms with Crippen LogP contribution in [0.25, 0.3) is 0 Å². The van der Waals surface area contributed by atoms with Gasteiger partial charge in [0.05, 0.1) is 0 Å². The van der Waals surface area contributed by atoms with Gasteiger partial charge in [-0.3, -0.25) is 4.79 Å². The summed E-state index contributed by atoms with van der Waals surface area (Å²) >= 11 is 0. The van der Waals surface area contributed by atoms with E-state index in [1.54, 1.807) is 18.2 Å². The van der Waals surface area contributed by atoms with Gasteiger partial charge in [0.1, 0.15) is 0 Å². The van der Waals surface area contributed by atoms with Crippen LogP contribution in [0.15, 0.2) is 24.3 Å². The number of hydrogen-bond acceptors (Lipinski definition) is 1. The minimum Gasteiger partial charge on any atom is -0.295 e. The molecular weight excluding hydrogens is 198 g/mol. The average Bonchev–Trinajstić information content (AvgIpc) is 2.14. The van der Waals surface area contributed by atoms with Gasteiger partial charge in [-0.1, -0.05) is 18.2 Å². The van der Waals surface area contributed by atoms with Crippen molar-refractivity contribution in [1.82, 2.24) is 0 Å². The van der Waals surface area contributed by atoms with E-state index in [1.807, 2.05) is 6.07 Å². The first-order valence-corrected chi connectivity index (χ1v) is 4.97. The van der Waals surface area contributed by atoms with Gasteiger partial charge >= 0.3 is 0 Å². The fourth-order valence-corrected chi connectivity index (χ4v) is 1.91. The normalized spacial score (nSPS) is 19.7. The molecule has 15 heavy (non-hydrogen) atoms. The smallest absolute Gasteiger partial charge is 0.249 e. The molecule has 0 aliphatic heterocycles. The summed E-state index contributed by atoms with van der Waals surface area (Å²) < 4.78 is 25.3. The zero-order valence-electron chi connectivity index (χ0n) is 8.47. The van der Waals surface area contributed by atoms with Crippen LogP contribution in [0.4, 0.5) is 8.78 Å². The van der Waals surface area contributed by atoms with Crippen LogP contribution < -0.4 is 0 Å². The average molecular weight is 210 g/mol. The van der Waals surface area contributed by atoms with Gasteiger partial charge in [-0.05, 0) is 24.5 Å². The Hall–Kier alpha value is -1.25. The van der Waals surface area contributed by atoms with Crippen molar-refractivity contribution in [2.75, 3.05) is 0 Å². The van der Waals surface area contributed by atoms with Crippen LogP contribution in [0, 0.1) is 0 Å². The molecule has 0 atom stereocenters. The zero-order chi connectivity index (χ0) is 11.1. The van der Waals surface area contributed by atoms with Crippen LogP contribution in [0.5, 0.6) is 0 Å². The molecule has 0 saturated heterocycles. The molecule has 80 valence electrons. The van der Waals surface area contributed by atoms with Gasteiger partial charge in [-0.2, -0.15) is 0 Å². The Labute approximate surface area is 87.1 Å². The molecule has 1 nitrogen and oxygen atoms in total. The summed E-state index contributed by atoms with van der Waals surface area (Å²) in [5.74, 6) is -2.61. The maximum Gasteiger partial charge on any atom is 0.249 e. The van der Waals surface area contributed by atoms with E-state index < -0.39 is 5.92 Å². The van der Waals surface area contributed by atoms with Crippen LogP contribution in [0.2, 0.25) is 0 Å². The zero-order valence-corrected chi connectivity index (χ0v) is 8.47. The number of benzene rings is 1. The van der Waals surface area contributed by atoms with Crippen molar-refractivity contribution < 1.29 is 13.6 Å². The second-order valence-electron chi connectivity index (χ2n) is 4.14. The molecule has 0 heterocycles. The van der Waals surface area contributed by atoms with E-state index >= 15 is 0 Å². The number of carbonyl (C=O) groups excluding carboxylic acids is 1. The number of carbonyl (C=O) groups is 1. The van der Waals surface area contributed by atoms with Crippen LogP contribution in [0.1, 0.15) is 41.6 Å². The molecule has 1 saturated carbocycles. The van der Waals surface area contributed by atoms with E-state index in [-0.39, 0.29) is 24.5 Å². The summed E-state index contributed by atoms with van der Waals surface area (Å²) in [6.45, 7) is 1.48. The van der Waals surface area contributed by atoms with Crippen LogP contribution >= 0.6 is 0 Å².